The summed E-state index contributed by atoms with van der Waals surface area (Å²) in [5, 5.41) is 13.4. The summed E-state index contributed by atoms with van der Waals surface area (Å²) in [7, 11) is 1.60. The zero-order chi connectivity index (χ0) is 22.8. The van der Waals surface area contributed by atoms with Crippen molar-refractivity contribution in [3.63, 3.8) is 0 Å². The Morgan fingerprint density at radius 2 is 2.00 bits per heavy atom. The van der Waals surface area contributed by atoms with E-state index >= 15 is 0 Å². The fourth-order valence-corrected chi connectivity index (χ4v) is 3.61. The lowest BCUT2D eigenvalue weighted by Gasteiger charge is -2.24. The van der Waals surface area contributed by atoms with Gasteiger partial charge in [0.2, 0.25) is 0 Å². The van der Waals surface area contributed by atoms with E-state index in [4.69, 9.17) is 9.47 Å². The molecule has 0 aliphatic rings. The SMILES string of the molecule is CCCCCOc1cc(NC(=O)N(CCCO)Cc2cccc3[nH]ccc23)ccc1OC. The van der Waals surface area contributed by atoms with Crippen LogP contribution in [0.25, 0.3) is 10.9 Å². The van der Waals surface area contributed by atoms with Gasteiger partial charge in [-0.3, -0.25) is 0 Å². The van der Waals surface area contributed by atoms with Crippen molar-refractivity contribution in [3.8, 4) is 11.5 Å². The predicted molar refractivity (Wildman–Crippen MR) is 127 cm³/mol. The first-order valence-electron chi connectivity index (χ1n) is 11.2. The molecule has 3 rings (SSSR count). The smallest absolute Gasteiger partial charge is 0.322 e. The summed E-state index contributed by atoms with van der Waals surface area (Å²) in [6.07, 6.45) is 5.59. The third kappa shape index (κ3) is 6.17. The first-order chi connectivity index (χ1) is 15.7. The summed E-state index contributed by atoms with van der Waals surface area (Å²) in [6, 6.07) is 13.2. The van der Waals surface area contributed by atoms with Gasteiger partial charge in [-0.2, -0.15) is 0 Å². The molecule has 7 nitrogen and oxygen atoms in total. The molecule has 0 atom stereocenters. The van der Waals surface area contributed by atoms with Crippen molar-refractivity contribution in [2.45, 2.75) is 39.2 Å². The molecule has 2 amide bonds. The van der Waals surface area contributed by atoms with Crippen LogP contribution in [0.3, 0.4) is 0 Å². The number of carbonyl (C=O) groups is 1. The Morgan fingerprint density at radius 1 is 1.12 bits per heavy atom. The largest absolute Gasteiger partial charge is 0.493 e. The van der Waals surface area contributed by atoms with Crippen LogP contribution in [0.15, 0.2) is 48.7 Å². The number of fused-ring (bicyclic) bond motifs is 1. The summed E-state index contributed by atoms with van der Waals surface area (Å²) in [5.41, 5.74) is 2.71. The fourth-order valence-electron chi connectivity index (χ4n) is 3.61. The monoisotopic (exact) mass is 439 g/mol. The molecule has 2 aromatic carbocycles. The number of amides is 2. The molecule has 0 saturated carbocycles. The van der Waals surface area contributed by atoms with E-state index < -0.39 is 0 Å². The maximum atomic E-state index is 13.1. The third-order valence-electron chi connectivity index (χ3n) is 5.34. The number of anilines is 1. The van der Waals surface area contributed by atoms with Crippen molar-refractivity contribution in [2.75, 3.05) is 32.2 Å². The number of benzene rings is 2. The number of hydrogen-bond donors (Lipinski definition) is 3. The highest BCUT2D eigenvalue weighted by molar-refractivity contribution is 5.90. The lowest BCUT2D eigenvalue weighted by molar-refractivity contribution is 0.199. The van der Waals surface area contributed by atoms with Crippen molar-refractivity contribution in [1.29, 1.82) is 0 Å². The molecule has 0 radical (unpaired) electrons. The van der Waals surface area contributed by atoms with Crippen LogP contribution < -0.4 is 14.8 Å². The number of ether oxygens (including phenoxy) is 2. The Hall–Kier alpha value is -3.19. The molecular formula is C25H33N3O4. The molecule has 0 saturated heterocycles. The van der Waals surface area contributed by atoms with Crippen LogP contribution in [0.2, 0.25) is 0 Å². The van der Waals surface area contributed by atoms with E-state index in [1.165, 1.54) is 0 Å². The normalized spacial score (nSPS) is 10.8. The number of unbranched alkanes of at least 4 members (excludes halogenated alkanes) is 2. The number of methoxy groups -OCH3 is 1. The van der Waals surface area contributed by atoms with E-state index in [0.29, 0.717) is 43.3 Å². The second kappa shape index (κ2) is 12.0. The minimum Gasteiger partial charge on any atom is -0.493 e. The van der Waals surface area contributed by atoms with E-state index in [-0.39, 0.29) is 12.6 Å². The first-order valence-corrected chi connectivity index (χ1v) is 11.2. The highest BCUT2D eigenvalue weighted by Crippen LogP contribution is 2.31. The Morgan fingerprint density at radius 3 is 2.78 bits per heavy atom. The van der Waals surface area contributed by atoms with Crippen molar-refractivity contribution < 1.29 is 19.4 Å². The van der Waals surface area contributed by atoms with E-state index in [0.717, 1.165) is 35.7 Å². The van der Waals surface area contributed by atoms with Gasteiger partial charge in [0.15, 0.2) is 11.5 Å². The zero-order valence-corrected chi connectivity index (χ0v) is 18.9. The molecule has 0 aliphatic heterocycles. The average molecular weight is 440 g/mol. The standard InChI is InChI=1S/C25H33N3O4/c1-3-4-5-16-32-24-17-20(10-11-23(24)31-2)27-25(30)28(14-7-15-29)18-19-8-6-9-22-21(19)12-13-26-22/h6,8-13,17,26,29H,3-5,7,14-16,18H2,1-2H3,(H,27,30). The Labute approximate surface area is 189 Å². The molecule has 0 unspecified atom stereocenters. The van der Waals surface area contributed by atoms with Crippen molar-refractivity contribution >= 4 is 22.6 Å². The number of nitrogens with one attached hydrogen (secondary N) is 2. The highest BCUT2D eigenvalue weighted by atomic mass is 16.5. The fraction of sp³-hybridized carbons (Fsp3) is 0.400. The number of nitrogens with zero attached hydrogens (tertiary/aromatic N) is 1. The Bertz CT molecular complexity index is 1000. The van der Waals surface area contributed by atoms with Gasteiger partial charge in [-0.05, 0) is 42.7 Å². The predicted octanol–water partition coefficient (Wildman–Crippen LogP) is 5.16. The van der Waals surface area contributed by atoms with Crippen LogP contribution in [0.4, 0.5) is 10.5 Å². The molecule has 0 bridgehead atoms. The van der Waals surface area contributed by atoms with E-state index in [1.54, 1.807) is 30.2 Å². The molecule has 0 fully saturated rings. The molecule has 1 heterocycles. The van der Waals surface area contributed by atoms with Crippen molar-refractivity contribution in [3.05, 3.63) is 54.2 Å². The number of aromatic nitrogens is 1. The molecule has 3 aromatic rings. The lowest BCUT2D eigenvalue weighted by Crippen LogP contribution is -2.35. The summed E-state index contributed by atoms with van der Waals surface area (Å²) in [4.78, 5) is 18.0. The topological polar surface area (TPSA) is 86.8 Å². The van der Waals surface area contributed by atoms with Crippen LogP contribution in [0.5, 0.6) is 11.5 Å². The molecule has 32 heavy (non-hydrogen) atoms. The lowest BCUT2D eigenvalue weighted by atomic mass is 10.1. The molecule has 0 spiro atoms. The van der Waals surface area contributed by atoms with E-state index in [2.05, 4.69) is 17.2 Å². The highest BCUT2D eigenvalue weighted by Gasteiger charge is 2.17. The van der Waals surface area contributed by atoms with Crippen LogP contribution in [0.1, 0.15) is 38.2 Å². The number of rotatable bonds is 12. The number of aromatic amines is 1. The van der Waals surface area contributed by atoms with Crippen LogP contribution in [0, 0.1) is 0 Å². The number of H-pyrrole nitrogens is 1. The second-order valence-electron chi connectivity index (χ2n) is 7.71. The number of urea groups is 1. The van der Waals surface area contributed by atoms with E-state index in [1.807, 2.05) is 30.5 Å². The molecular weight excluding hydrogens is 406 g/mol. The Kier molecular flexibility index (Phi) is 8.80. The number of aliphatic hydroxyl groups excluding tert-OH is 1. The van der Waals surface area contributed by atoms with Gasteiger partial charge in [0.05, 0.1) is 13.7 Å². The average Bonchev–Trinajstić information content (AvgIpc) is 3.29. The van der Waals surface area contributed by atoms with Gasteiger partial charge in [0.25, 0.3) is 0 Å². The van der Waals surface area contributed by atoms with Crippen LogP contribution in [-0.2, 0) is 6.54 Å². The quantitative estimate of drug-likeness (QED) is 0.340. The maximum absolute atomic E-state index is 13.1. The van der Waals surface area contributed by atoms with Gasteiger partial charge in [-0.15, -0.1) is 0 Å². The van der Waals surface area contributed by atoms with Gasteiger partial charge in [0, 0.05) is 48.5 Å². The summed E-state index contributed by atoms with van der Waals surface area (Å²) in [5.74, 6) is 1.25. The molecule has 172 valence electrons. The zero-order valence-electron chi connectivity index (χ0n) is 18.9. The molecule has 3 N–H and O–H groups in total. The minimum absolute atomic E-state index is 0.0242. The summed E-state index contributed by atoms with van der Waals surface area (Å²) < 4.78 is 11.3. The summed E-state index contributed by atoms with van der Waals surface area (Å²) in [6.45, 7) is 3.66. The number of aliphatic hydroxyl groups is 1. The van der Waals surface area contributed by atoms with Gasteiger partial charge in [-0.1, -0.05) is 31.9 Å². The van der Waals surface area contributed by atoms with Crippen molar-refractivity contribution in [2.24, 2.45) is 0 Å². The van der Waals surface area contributed by atoms with Gasteiger partial charge in [0.1, 0.15) is 0 Å². The molecule has 7 heteroatoms. The van der Waals surface area contributed by atoms with Crippen LogP contribution >= 0.6 is 0 Å². The van der Waals surface area contributed by atoms with Crippen molar-refractivity contribution in [1.82, 2.24) is 9.88 Å². The summed E-state index contributed by atoms with van der Waals surface area (Å²) >= 11 is 0. The Balaban J connectivity index is 1.73. The van der Waals surface area contributed by atoms with Crippen LogP contribution in [-0.4, -0.2) is 47.9 Å². The maximum Gasteiger partial charge on any atom is 0.322 e. The molecule has 1 aromatic heterocycles. The van der Waals surface area contributed by atoms with Gasteiger partial charge < -0.3 is 29.8 Å². The second-order valence-corrected chi connectivity index (χ2v) is 7.71. The number of hydrogen-bond acceptors (Lipinski definition) is 4. The van der Waals surface area contributed by atoms with Gasteiger partial charge in [-0.25, -0.2) is 4.79 Å². The molecule has 0 aliphatic carbocycles. The first kappa shape index (κ1) is 23.5. The minimum atomic E-state index is -0.229. The van der Waals surface area contributed by atoms with Gasteiger partial charge >= 0.3 is 6.03 Å². The number of carbonyl (C=O) groups excluding carboxylic acids is 1. The van der Waals surface area contributed by atoms with E-state index in [9.17, 15) is 9.90 Å². The third-order valence-corrected chi connectivity index (χ3v) is 5.34.